The van der Waals surface area contributed by atoms with E-state index in [1.54, 1.807) is 11.3 Å². The second-order valence-electron chi connectivity index (χ2n) is 6.03. The van der Waals surface area contributed by atoms with E-state index in [2.05, 4.69) is 24.1 Å². The molecular weight excluding hydrogens is 244 g/mol. The predicted molar refractivity (Wildman–Crippen MR) is 74.0 cm³/mol. The van der Waals surface area contributed by atoms with E-state index in [1.807, 2.05) is 18.4 Å². The Morgan fingerprint density at radius 1 is 1.50 bits per heavy atom. The van der Waals surface area contributed by atoms with E-state index in [4.69, 9.17) is 0 Å². The topological polar surface area (TPSA) is 32.3 Å². The van der Waals surface area contributed by atoms with Gasteiger partial charge in [0.05, 0.1) is 4.88 Å². The molecule has 2 aliphatic heterocycles. The van der Waals surface area contributed by atoms with Crippen molar-refractivity contribution >= 4 is 17.2 Å². The maximum atomic E-state index is 12.7. The SMILES string of the molecule is Cc1ccsc1C(=O)N1CC2CNCC2C1(C)C. The van der Waals surface area contributed by atoms with Crippen LogP contribution in [0.3, 0.4) is 0 Å². The largest absolute Gasteiger partial charge is 0.332 e. The summed E-state index contributed by atoms with van der Waals surface area (Å²) in [4.78, 5) is 15.7. The molecule has 3 rings (SSSR count). The van der Waals surface area contributed by atoms with Crippen molar-refractivity contribution in [1.29, 1.82) is 0 Å². The zero-order valence-corrected chi connectivity index (χ0v) is 12.0. The number of fused-ring (bicyclic) bond motifs is 1. The molecule has 0 saturated carbocycles. The summed E-state index contributed by atoms with van der Waals surface area (Å²) in [6, 6.07) is 2.03. The van der Waals surface area contributed by atoms with Crippen molar-refractivity contribution in [3.05, 3.63) is 21.9 Å². The minimum atomic E-state index is -0.0261. The molecule has 98 valence electrons. The Kier molecular flexibility index (Phi) is 2.75. The van der Waals surface area contributed by atoms with Crippen molar-refractivity contribution in [3.63, 3.8) is 0 Å². The average Bonchev–Trinajstić information content (AvgIpc) is 2.96. The summed E-state index contributed by atoms with van der Waals surface area (Å²) in [5, 5.41) is 5.46. The number of hydrogen-bond acceptors (Lipinski definition) is 3. The summed E-state index contributed by atoms with van der Waals surface area (Å²) in [6.45, 7) is 9.46. The first-order valence-corrected chi connectivity index (χ1v) is 7.46. The highest BCUT2D eigenvalue weighted by Crippen LogP contribution is 2.41. The van der Waals surface area contributed by atoms with Crippen molar-refractivity contribution in [2.24, 2.45) is 11.8 Å². The molecule has 0 radical (unpaired) electrons. The number of nitrogens with one attached hydrogen (secondary N) is 1. The van der Waals surface area contributed by atoms with Crippen LogP contribution in [0.2, 0.25) is 0 Å². The van der Waals surface area contributed by atoms with E-state index in [1.165, 1.54) is 0 Å². The van der Waals surface area contributed by atoms with E-state index < -0.39 is 0 Å². The number of carbonyl (C=O) groups is 1. The van der Waals surface area contributed by atoms with Crippen LogP contribution in [0.5, 0.6) is 0 Å². The first kappa shape index (κ1) is 12.2. The van der Waals surface area contributed by atoms with Gasteiger partial charge in [-0.2, -0.15) is 0 Å². The summed E-state index contributed by atoms with van der Waals surface area (Å²) in [5.41, 5.74) is 1.08. The van der Waals surface area contributed by atoms with Gasteiger partial charge in [0.2, 0.25) is 0 Å². The molecule has 1 aromatic rings. The number of aryl methyl sites for hydroxylation is 1. The van der Waals surface area contributed by atoms with Crippen LogP contribution in [-0.2, 0) is 0 Å². The third-order valence-electron chi connectivity index (χ3n) is 4.66. The molecule has 1 aromatic heterocycles. The molecule has 1 N–H and O–H groups in total. The lowest BCUT2D eigenvalue weighted by Crippen LogP contribution is -2.47. The highest BCUT2D eigenvalue weighted by atomic mass is 32.1. The zero-order valence-electron chi connectivity index (χ0n) is 11.2. The van der Waals surface area contributed by atoms with Crippen molar-refractivity contribution in [3.8, 4) is 0 Å². The minimum Gasteiger partial charge on any atom is -0.332 e. The highest BCUT2D eigenvalue weighted by molar-refractivity contribution is 7.12. The molecule has 2 atom stereocenters. The molecule has 0 aliphatic carbocycles. The fourth-order valence-electron chi connectivity index (χ4n) is 3.48. The number of carbonyl (C=O) groups excluding carboxylic acids is 1. The van der Waals surface area contributed by atoms with Gasteiger partial charge in [0.1, 0.15) is 0 Å². The third-order valence-corrected chi connectivity index (χ3v) is 5.67. The molecule has 2 aliphatic rings. The maximum absolute atomic E-state index is 12.7. The molecule has 1 amide bonds. The van der Waals surface area contributed by atoms with Crippen molar-refractivity contribution in [2.75, 3.05) is 19.6 Å². The normalized spacial score (nSPS) is 29.6. The van der Waals surface area contributed by atoms with Gasteiger partial charge in [0.15, 0.2) is 0 Å². The smallest absolute Gasteiger partial charge is 0.264 e. The molecule has 3 heterocycles. The monoisotopic (exact) mass is 264 g/mol. The summed E-state index contributed by atoms with van der Waals surface area (Å²) >= 11 is 1.57. The van der Waals surface area contributed by atoms with Crippen molar-refractivity contribution in [1.82, 2.24) is 10.2 Å². The highest BCUT2D eigenvalue weighted by Gasteiger charge is 2.51. The summed E-state index contributed by atoms with van der Waals surface area (Å²) in [5.74, 6) is 1.45. The Hall–Kier alpha value is -0.870. The van der Waals surface area contributed by atoms with Gasteiger partial charge in [-0.05, 0) is 49.6 Å². The molecule has 4 heteroatoms. The number of likely N-dealkylation sites (tertiary alicyclic amines) is 1. The molecule has 3 nitrogen and oxygen atoms in total. The van der Waals surface area contributed by atoms with Crippen LogP contribution < -0.4 is 5.32 Å². The zero-order chi connectivity index (χ0) is 12.9. The quantitative estimate of drug-likeness (QED) is 0.843. The van der Waals surface area contributed by atoms with E-state index in [9.17, 15) is 4.79 Å². The standard InChI is InChI=1S/C14H20N2OS/c1-9-4-5-18-12(9)13(17)16-8-10-6-15-7-11(10)14(16,2)3/h4-5,10-11,15H,6-8H2,1-3H3. The summed E-state index contributed by atoms with van der Waals surface area (Å²) < 4.78 is 0. The Labute approximate surface area is 112 Å². The molecule has 18 heavy (non-hydrogen) atoms. The van der Waals surface area contributed by atoms with Crippen LogP contribution in [-0.4, -0.2) is 36.0 Å². The van der Waals surface area contributed by atoms with Crippen LogP contribution in [0, 0.1) is 18.8 Å². The van der Waals surface area contributed by atoms with Crippen LogP contribution in [0.25, 0.3) is 0 Å². The molecule has 2 fully saturated rings. The van der Waals surface area contributed by atoms with Crippen LogP contribution in [0.1, 0.15) is 29.1 Å². The van der Waals surface area contributed by atoms with Crippen LogP contribution >= 0.6 is 11.3 Å². The van der Waals surface area contributed by atoms with Gasteiger partial charge in [0.25, 0.3) is 5.91 Å². The van der Waals surface area contributed by atoms with Crippen molar-refractivity contribution < 1.29 is 4.79 Å². The Morgan fingerprint density at radius 3 is 2.89 bits per heavy atom. The fraction of sp³-hybridized carbons (Fsp3) is 0.643. The average molecular weight is 264 g/mol. The first-order chi connectivity index (χ1) is 8.51. The van der Waals surface area contributed by atoms with Crippen LogP contribution in [0.4, 0.5) is 0 Å². The lowest BCUT2D eigenvalue weighted by atomic mass is 9.85. The van der Waals surface area contributed by atoms with E-state index >= 15 is 0 Å². The molecule has 0 aromatic carbocycles. The van der Waals surface area contributed by atoms with Crippen LogP contribution in [0.15, 0.2) is 11.4 Å². The Balaban J connectivity index is 1.90. The third kappa shape index (κ3) is 1.62. The molecule has 2 unspecified atom stereocenters. The molecule has 0 bridgehead atoms. The molecular formula is C14H20N2OS. The minimum absolute atomic E-state index is 0.0261. The lowest BCUT2D eigenvalue weighted by molar-refractivity contribution is 0.0608. The van der Waals surface area contributed by atoms with Gasteiger partial charge in [-0.15, -0.1) is 11.3 Å². The van der Waals surface area contributed by atoms with Gasteiger partial charge in [-0.3, -0.25) is 4.79 Å². The first-order valence-electron chi connectivity index (χ1n) is 6.58. The summed E-state index contributed by atoms with van der Waals surface area (Å²) in [7, 11) is 0. The van der Waals surface area contributed by atoms with Gasteiger partial charge in [0, 0.05) is 25.2 Å². The maximum Gasteiger partial charge on any atom is 0.264 e. The predicted octanol–water partition coefficient (Wildman–Crippen LogP) is 2.13. The second kappa shape index (κ2) is 4.07. The van der Waals surface area contributed by atoms with Gasteiger partial charge >= 0.3 is 0 Å². The lowest BCUT2D eigenvalue weighted by Gasteiger charge is -2.35. The second-order valence-corrected chi connectivity index (χ2v) is 6.94. The van der Waals surface area contributed by atoms with E-state index in [0.29, 0.717) is 11.8 Å². The van der Waals surface area contributed by atoms with Gasteiger partial charge < -0.3 is 10.2 Å². The number of amides is 1. The number of thiophene rings is 1. The summed E-state index contributed by atoms with van der Waals surface area (Å²) in [6.07, 6.45) is 0. The Bertz CT molecular complexity index is 480. The van der Waals surface area contributed by atoms with Gasteiger partial charge in [-0.1, -0.05) is 0 Å². The molecule has 0 spiro atoms. The van der Waals surface area contributed by atoms with E-state index in [-0.39, 0.29) is 11.4 Å². The Morgan fingerprint density at radius 2 is 2.28 bits per heavy atom. The molecule has 2 saturated heterocycles. The number of hydrogen-bond donors (Lipinski definition) is 1. The van der Waals surface area contributed by atoms with Gasteiger partial charge in [-0.25, -0.2) is 0 Å². The van der Waals surface area contributed by atoms with Crippen molar-refractivity contribution in [2.45, 2.75) is 26.3 Å². The number of nitrogens with zero attached hydrogens (tertiary/aromatic N) is 1. The number of rotatable bonds is 1. The fourth-order valence-corrected chi connectivity index (χ4v) is 4.35. The van der Waals surface area contributed by atoms with E-state index in [0.717, 1.165) is 30.1 Å².